The molecule has 1 amide bonds. The smallest absolute Gasteiger partial charge is 0.318 e. The Labute approximate surface area is 242 Å². The minimum atomic E-state index is -0.582. The number of carbonyl (C=O) groups is 3. The molecule has 0 fully saturated rings. The molecule has 10 nitrogen and oxygen atoms in total. The van der Waals surface area contributed by atoms with Crippen LogP contribution in [0.5, 0.6) is 23.0 Å². The number of nitrogens with one attached hydrogen (secondary N) is 1. The number of benzene rings is 2. The molecule has 0 aliphatic carbocycles. The first-order valence-electron chi connectivity index (χ1n) is 12.6. The molecule has 4 rings (SSSR count). The summed E-state index contributed by atoms with van der Waals surface area (Å²) in [5.41, 5.74) is 4.46. The van der Waals surface area contributed by atoms with Crippen LogP contribution in [0.15, 0.2) is 24.3 Å². The Balaban J connectivity index is 0.000000309. The van der Waals surface area contributed by atoms with E-state index in [1.165, 1.54) is 16.7 Å². The van der Waals surface area contributed by atoms with Gasteiger partial charge < -0.3 is 33.9 Å². The lowest BCUT2D eigenvalue weighted by atomic mass is 9.98. The van der Waals surface area contributed by atoms with Gasteiger partial charge in [-0.2, -0.15) is 0 Å². The van der Waals surface area contributed by atoms with Gasteiger partial charge in [0.05, 0.1) is 33.9 Å². The normalized spacial score (nSPS) is 13.2. The number of methoxy groups -OCH3 is 4. The fourth-order valence-electron chi connectivity index (χ4n) is 4.02. The van der Waals surface area contributed by atoms with E-state index in [1.807, 2.05) is 12.1 Å². The van der Waals surface area contributed by atoms with E-state index < -0.39 is 11.4 Å². The number of ether oxygens (including phenoxy) is 5. The highest BCUT2D eigenvalue weighted by molar-refractivity contribution is 5.85. The van der Waals surface area contributed by atoms with Crippen LogP contribution in [0.1, 0.15) is 43.0 Å². The van der Waals surface area contributed by atoms with Gasteiger partial charge in [-0.3, -0.25) is 14.4 Å². The lowest BCUT2D eigenvalue weighted by Crippen LogP contribution is -2.29. The molecule has 2 aliphatic heterocycles. The lowest BCUT2D eigenvalue weighted by Gasteiger charge is -2.26. The van der Waals surface area contributed by atoms with Crippen LogP contribution >= 0.6 is 12.4 Å². The van der Waals surface area contributed by atoms with Gasteiger partial charge in [0.1, 0.15) is 0 Å². The summed E-state index contributed by atoms with van der Waals surface area (Å²) in [6, 6.07) is 8.08. The number of hydrogen-bond acceptors (Lipinski definition) is 9. The van der Waals surface area contributed by atoms with Crippen molar-refractivity contribution in [2.45, 2.75) is 46.7 Å². The Hall–Kier alpha value is -3.50. The summed E-state index contributed by atoms with van der Waals surface area (Å²) < 4.78 is 25.1. The highest BCUT2D eigenvalue weighted by Crippen LogP contribution is 2.33. The Kier molecular flexibility index (Phi) is 14.3. The molecule has 1 N–H and O–H groups in total. The maximum atomic E-state index is 10.7. The Morgan fingerprint density at radius 3 is 1.70 bits per heavy atom. The number of amides is 1. The highest BCUT2D eigenvalue weighted by Gasteiger charge is 2.22. The third kappa shape index (κ3) is 9.60. The summed E-state index contributed by atoms with van der Waals surface area (Å²) in [6.45, 7) is 8.58. The molecule has 0 radical (unpaired) electrons. The van der Waals surface area contributed by atoms with Crippen LogP contribution in [0.4, 0.5) is 0 Å². The molecule has 40 heavy (non-hydrogen) atoms. The SMILES string of the molecule is CC(C)(C)C(=O)OC=O.COc1cc2c(cc1OC)CN(C=O)CC2.COc1cc2c(cc1OC)CNCC2.Cl. The van der Waals surface area contributed by atoms with Gasteiger partial charge >= 0.3 is 12.4 Å². The monoisotopic (exact) mass is 580 g/mol. The van der Waals surface area contributed by atoms with E-state index in [4.69, 9.17) is 18.9 Å². The topological polar surface area (TPSA) is 113 Å². The van der Waals surface area contributed by atoms with Crippen molar-refractivity contribution in [1.29, 1.82) is 0 Å². The predicted molar refractivity (Wildman–Crippen MR) is 154 cm³/mol. The molecule has 2 aromatic rings. The second-order valence-electron chi connectivity index (χ2n) is 9.96. The average Bonchev–Trinajstić information content (AvgIpc) is 2.95. The maximum absolute atomic E-state index is 10.7. The van der Waals surface area contributed by atoms with Crippen molar-refractivity contribution in [1.82, 2.24) is 10.2 Å². The minimum Gasteiger partial charge on any atom is -0.493 e. The van der Waals surface area contributed by atoms with Gasteiger partial charge in [-0.1, -0.05) is 0 Å². The number of halogens is 1. The number of hydrogen-bond donors (Lipinski definition) is 1. The zero-order valence-corrected chi connectivity index (χ0v) is 25.1. The van der Waals surface area contributed by atoms with Gasteiger partial charge in [-0.25, -0.2) is 0 Å². The third-order valence-electron chi connectivity index (χ3n) is 6.26. The third-order valence-corrected chi connectivity index (χ3v) is 6.26. The first-order valence-corrected chi connectivity index (χ1v) is 12.6. The standard InChI is InChI=1S/C12H15NO3.C11H15NO2.C6H10O3.ClH/c1-15-11-5-9-3-4-13(8-14)7-10(9)6-12(11)16-2;1-13-10-5-8-3-4-12-7-9(8)6-11(10)14-2;1-6(2,3)5(8)9-4-7;/h5-6,8H,3-4,7H2,1-2H3;5-6,12H,3-4,7H2,1-2H3;4H,1-3H3;1H. The lowest BCUT2D eigenvalue weighted by molar-refractivity contribution is -0.158. The van der Waals surface area contributed by atoms with E-state index in [2.05, 4.69) is 22.2 Å². The fourth-order valence-corrected chi connectivity index (χ4v) is 4.02. The Bertz CT molecular complexity index is 1090. The molecule has 0 saturated carbocycles. The summed E-state index contributed by atoms with van der Waals surface area (Å²) in [5, 5.41) is 3.33. The van der Waals surface area contributed by atoms with Crippen LogP contribution in [0.25, 0.3) is 0 Å². The van der Waals surface area contributed by atoms with E-state index >= 15 is 0 Å². The van der Waals surface area contributed by atoms with Crippen molar-refractivity contribution in [3.05, 3.63) is 46.5 Å². The van der Waals surface area contributed by atoms with Crippen LogP contribution in [-0.4, -0.2) is 65.3 Å². The van der Waals surface area contributed by atoms with Gasteiger partial charge in [-0.05, 0) is 86.7 Å². The molecule has 0 spiro atoms. The molecule has 2 aromatic carbocycles. The van der Waals surface area contributed by atoms with E-state index in [0.717, 1.165) is 61.7 Å². The van der Waals surface area contributed by atoms with Crippen molar-refractivity contribution >= 4 is 31.3 Å². The maximum Gasteiger partial charge on any atom is 0.318 e. The number of fused-ring (bicyclic) bond motifs is 2. The zero-order valence-electron chi connectivity index (χ0n) is 24.3. The quantitative estimate of drug-likeness (QED) is 0.310. The van der Waals surface area contributed by atoms with Crippen molar-refractivity contribution in [2.75, 3.05) is 41.5 Å². The molecule has 0 bridgehead atoms. The number of carbonyl (C=O) groups excluding carboxylic acids is 3. The molecule has 2 aliphatic rings. The van der Waals surface area contributed by atoms with Crippen LogP contribution in [-0.2, 0) is 45.1 Å². The average molecular weight is 581 g/mol. The summed E-state index contributed by atoms with van der Waals surface area (Å²) in [6.07, 6.45) is 2.82. The van der Waals surface area contributed by atoms with Gasteiger partial charge in [-0.15, -0.1) is 12.4 Å². The zero-order chi connectivity index (χ0) is 29.0. The highest BCUT2D eigenvalue weighted by atomic mass is 35.5. The molecule has 0 aromatic heterocycles. The largest absolute Gasteiger partial charge is 0.493 e. The number of nitrogens with zero attached hydrogens (tertiary/aromatic N) is 1. The number of rotatable bonds is 6. The summed E-state index contributed by atoms with van der Waals surface area (Å²) in [4.78, 5) is 32.7. The summed E-state index contributed by atoms with van der Waals surface area (Å²) >= 11 is 0. The van der Waals surface area contributed by atoms with Crippen molar-refractivity contribution in [3.8, 4) is 23.0 Å². The Morgan fingerprint density at radius 1 is 0.800 bits per heavy atom. The molecule has 0 saturated heterocycles. The Morgan fingerprint density at radius 2 is 1.27 bits per heavy atom. The second-order valence-corrected chi connectivity index (χ2v) is 9.96. The molecule has 2 heterocycles. The van der Waals surface area contributed by atoms with E-state index in [1.54, 1.807) is 54.1 Å². The second kappa shape index (κ2) is 16.6. The van der Waals surface area contributed by atoms with Crippen molar-refractivity contribution in [2.24, 2.45) is 5.41 Å². The summed E-state index contributed by atoms with van der Waals surface area (Å²) in [7, 11) is 6.58. The van der Waals surface area contributed by atoms with Gasteiger partial charge in [0.15, 0.2) is 23.0 Å². The van der Waals surface area contributed by atoms with Crippen LogP contribution < -0.4 is 24.3 Å². The van der Waals surface area contributed by atoms with Gasteiger partial charge in [0.25, 0.3) is 0 Å². The minimum absolute atomic E-state index is 0. The summed E-state index contributed by atoms with van der Waals surface area (Å²) in [5.74, 6) is 2.61. The van der Waals surface area contributed by atoms with Crippen LogP contribution in [0.2, 0.25) is 0 Å². The first kappa shape index (κ1) is 34.5. The van der Waals surface area contributed by atoms with Crippen molar-refractivity contribution < 1.29 is 38.1 Å². The van der Waals surface area contributed by atoms with E-state index in [0.29, 0.717) is 12.3 Å². The predicted octanol–water partition coefficient (Wildman–Crippen LogP) is 3.72. The van der Waals surface area contributed by atoms with Crippen LogP contribution in [0, 0.1) is 5.41 Å². The molecule has 11 heteroatoms. The van der Waals surface area contributed by atoms with Gasteiger partial charge in [0, 0.05) is 19.6 Å². The molecule has 222 valence electrons. The number of esters is 1. The van der Waals surface area contributed by atoms with Crippen LogP contribution in [0.3, 0.4) is 0 Å². The fraction of sp³-hybridized carbons (Fsp3) is 0.483. The molecular formula is C29H41ClN2O8. The van der Waals surface area contributed by atoms with E-state index in [-0.39, 0.29) is 18.9 Å². The molecular weight excluding hydrogens is 540 g/mol. The van der Waals surface area contributed by atoms with Crippen molar-refractivity contribution in [3.63, 3.8) is 0 Å². The first-order chi connectivity index (χ1) is 18.6. The van der Waals surface area contributed by atoms with E-state index in [9.17, 15) is 14.4 Å². The van der Waals surface area contributed by atoms with Gasteiger partial charge in [0.2, 0.25) is 6.41 Å². The molecule has 0 unspecified atom stereocenters. The molecule has 0 atom stereocenters.